The van der Waals surface area contributed by atoms with Gasteiger partial charge in [0.2, 0.25) is 0 Å². The van der Waals surface area contributed by atoms with Gasteiger partial charge in [0.1, 0.15) is 0 Å². The van der Waals surface area contributed by atoms with Crippen LogP contribution >= 0.6 is 0 Å². The van der Waals surface area contributed by atoms with E-state index in [9.17, 15) is 0 Å². The van der Waals surface area contributed by atoms with Crippen LogP contribution in [0, 0.1) is 13.8 Å². The Labute approximate surface area is 105 Å². The van der Waals surface area contributed by atoms with Gasteiger partial charge in [0.25, 0.3) is 0 Å². The predicted octanol–water partition coefficient (Wildman–Crippen LogP) is 2.64. The summed E-state index contributed by atoms with van der Waals surface area (Å²) in [7, 11) is 1.76. The zero-order valence-electron chi connectivity index (χ0n) is 11.7. The first-order valence-electron chi connectivity index (χ1n) is 6.56. The SMILES string of the molecule is CCn1c(C)cc(CNCCCCOC)c1C. The summed E-state index contributed by atoms with van der Waals surface area (Å²) in [4.78, 5) is 0. The van der Waals surface area contributed by atoms with Gasteiger partial charge in [0.05, 0.1) is 0 Å². The molecule has 0 aliphatic heterocycles. The second-order valence-electron chi connectivity index (χ2n) is 4.52. The molecule has 1 rings (SSSR count). The van der Waals surface area contributed by atoms with Crippen molar-refractivity contribution in [1.82, 2.24) is 9.88 Å². The Morgan fingerprint density at radius 3 is 2.65 bits per heavy atom. The molecular weight excluding hydrogens is 212 g/mol. The van der Waals surface area contributed by atoms with Gasteiger partial charge < -0.3 is 14.6 Å². The van der Waals surface area contributed by atoms with Gasteiger partial charge in [-0.1, -0.05) is 0 Å². The fraction of sp³-hybridized carbons (Fsp3) is 0.714. The zero-order valence-corrected chi connectivity index (χ0v) is 11.7. The molecule has 3 nitrogen and oxygen atoms in total. The van der Waals surface area contributed by atoms with Gasteiger partial charge in [-0.25, -0.2) is 0 Å². The standard InChI is InChI=1S/C14H26N2O/c1-5-16-12(2)10-14(13(16)3)11-15-8-6-7-9-17-4/h10,15H,5-9,11H2,1-4H3. The fourth-order valence-corrected chi connectivity index (χ4v) is 2.26. The normalized spacial score (nSPS) is 11.1. The molecule has 0 aliphatic rings. The average molecular weight is 238 g/mol. The van der Waals surface area contributed by atoms with Crippen LogP contribution in [0.25, 0.3) is 0 Å². The third kappa shape index (κ3) is 4.17. The summed E-state index contributed by atoms with van der Waals surface area (Å²) in [5.74, 6) is 0. The molecule has 17 heavy (non-hydrogen) atoms. The lowest BCUT2D eigenvalue weighted by molar-refractivity contribution is 0.192. The summed E-state index contributed by atoms with van der Waals surface area (Å²) in [6.07, 6.45) is 2.32. The number of unbranched alkanes of at least 4 members (excludes halogenated alkanes) is 1. The molecule has 0 radical (unpaired) electrons. The number of aryl methyl sites for hydroxylation is 1. The quantitative estimate of drug-likeness (QED) is 0.705. The van der Waals surface area contributed by atoms with E-state index in [0.29, 0.717) is 0 Å². The third-order valence-electron chi connectivity index (χ3n) is 3.26. The first kappa shape index (κ1) is 14.3. The summed E-state index contributed by atoms with van der Waals surface area (Å²) < 4.78 is 7.39. The van der Waals surface area contributed by atoms with Crippen molar-refractivity contribution < 1.29 is 4.74 Å². The van der Waals surface area contributed by atoms with Gasteiger partial charge in [-0.2, -0.15) is 0 Å². The Kier molecular flexibility index (Phi) is 6.30. The van der Waals surface area contributed by atoms with Crippen molar-refractivity contribution in [1.29, 1.82) is 0 Å². The van der Waals surface area contributed by atoms with Gasteiger partial charge in [-0.05, 0) is 51.8 Å². The highest BCUT2D eigenvalue weighted by molar-refractivity contribution is 5.26. The van der Waals surface area contributed by atoms with Crippen molar-refractivity contribution in [2.45, 2.75) is 46.7 Å². The highest BCUT2D eigenvalue weighted by atomic mass is 16.5. The smallest absolute Gasteiger partial charge is 0.0462 e. The predicted molar refractivity (Wildman–Crippen MR) is 72.4 cm³/mol. The molecule has 0 saturated heterocycles. The lowest BCUT2D eigenvalue weighted by Crippen LogP contribution is -2.15. The molecule has 0 aromatic carbocycles. The van der Waals surface area contributed by atoms with E-state index in [1.165, 1.54) is 23.4 Å². The Bertz CT molecular complexity index is 331. The number of hydrogen-bond donors (Lipinski definition) is 1. The number of ether oxygens (including phenoxy) is 1. The van der Waals surface area contributed by atoms with Gasteiger partial charge in [0, 0.05) is 38.2 Å². The lowest BCUT2D eigenvalue weighted by atomic mass is 10.2. The minimum atomic E-state index is 0.867. The van der Waals surface area contributed by atoms with Crippen molar-refractivity contribution in [3.63, 3.8) is 0 Å². The Morgan fingerprint density at radius 2 is 2.06 bits per heavy atom. The summed E-state index contributed by atoms with van der Waals surface area (Å²) in [6, 6.07) is 2.29. The van der Waals surface area contributed by atoms with Crippen molar-refractivity contribution >= 4 is 0 Å². The number of methoxy groups -OCH3 is 1. The molecule has 1 aromatic rings. The van der Waals surface area contributed by atoms with Crippen molar-refractivity contribution in [2.24, 2.45) is 0 Å². The number of hydrogen-bond acceptors (Lipinski definition) is 2. The molecule has 1 heterocycles. The second kappa shape index (κ2) is 7.51. The molecule has 0 unspecified atom stereocenters. The number of rotatable bonds is 8. The van der Waals surface area contributed by atoms with Gasteiger partial charge in [-0.15, -0.1) is 0 Å². The molecule has 0 bridgehead atoms. The van der Waals surface area contributed by atoms with Crippen LogP contribution in [0.2, 0.25) is 0 Å². The first-order chi connectivity index (χ1) is 8.20. The first-order valence-corrected chi connectivity index (χ1v) is 6.56. The molecule has 0 aliphatic carbocycles. The van der Waals surface area contributed by atoms with Crippen molar-refractivity contribution in [3.8, 4) is 0 Å². The molecular formula is C14H26N2O. The van der Waals surface area contributed by atoms with E-state index in [4.69, 9.17) is 4.74 Å². The Hall–Kier alpha value is -0.800. The van der Waals surface area contributed by atoms with Crippen molar-refractivity contribution in [3.05, 3.63) is 23.0 Å². The molecule has 1 N–H and O–H groups in total. The lowest BCUT2D eigenvalue weighted by Gasteiger charge is -2.07. The van der Waals surface area contributed by atoms with Crippen LogP contribution in [0.3, 0.4) is 0 Å². The summed E-state index contributed by atoms with van der Waals surface area (Å²) in [5.41, 5.74) is 4.19. The van der Waals surface area contributed by atoms with Crippen molar-refractivity contribution in [2.75, 3.05) is 20.3 Å². The maximum atomic E-state index is 5.03. The van der Waals surface area contributed by atoms with Gasteiger partial charge in [-0.3, -0.25) is 0 Å². The molecule has 1 aromatic heterocycles. The monoisotopic (exact) mass is 238 g/mol. The Balaban J connectivity index is 2.32. The van der Waals surface area contributed by atoms with Gasteiger partial charge >= 0.3 is 0 Å². The zero-order chi connectivity index (χ0) is 12.7. The summed E-state index contributed by atoms with van der Waals surface area (Å²) in [5, 5.41) is 3.50. The molecule has 0 fully saturated rings. The van der Waals surface area contributed by atoms with E-state index >= 15 is 0 Å². The molecule has 3 heteroatoms. The topological polar surface area (TPSA) is 26.2 Å². The molecule has 0 amide bonds. The maximum absolute atomic E-state index is 5.03. The van der Waals surface area contributed by atoms with Crippen LogP contribution in [0.4, 0.5) is 0 Å². The van der Waals surface area contributed by atoms with Crippen LogP contribution in [0.15, 0.2) is 6.07 Å². The highest BCUT2D eigenvalue weighted by Crippen LogP contribution is 2.14. The molecule has 98 valence electrons. The van der Waals surface area contributed by atoms with Gasteiger partial charge in [0.15, 0.2) is 0 Å². The summed E-state index contributed by atoms with van der Waals surface area (Å²) in [6.45, 7) is 10.6. The number of nitrogens with one attached hydrogen (secondary N) is 1. The highest BCUT2D eigenvalue weighted by Gasteiger charge is 2.06. The maximum Gasteiger partial charge on any atom is 0.0462 e. The molecule has 0 spiro atoms. The molecule has 0 saturated carbocycles. The van der Waals surface area contributed by atoms with Crippen LogP contribution in [-0.2, 0) is 17.8 Å². The fourth-order valence-electron chi connectivity index (χ4n) is 2.26. The third-order valence-corrected chi connectivity index (χ3v) is 3.26. The number of nitrogens with zero attached hydrogens (tertiary/aromatic N) is 1. The van der Waals surface area contributed by atoms with Crippen LogP contribution in [0.1, 0.15) is 36.7 Å². The van der Waals surface area contributed by atoms with E-state index in [1.807, 2.05) is 0 Å². The largest absolute Gasteiger partial charge is 0.385 e. The molecule has 0 atom stereocenters. The van der Waals surface area contributed by atoms with E-state index in [-0.39, 0.29) is 0 Å². The van der Waals surface area contributed by atoms with E-state index < -0.39 is 0 Å². The van der Waals surface area contributed by atoms with E-state index in [0.717, 1.165) is 32.7 Å². The van der Waals surface area contributed by atoms with Crippen LogP contribution in [0.5, 0.6) is 0 Å². The number of aromatic nitrogens is 1. The minimum absolute atomic E-state index is 0.867. The van der Waals surface area contributed by atoms with E-state index in [2.05, 4.69) is 36.7 Å². The average Bonchev–Trinajstić information content (AvgIpc) is 2.58. The van der Waals surface area contributed by atoms with Crippen LogP contribution < -0.4 is 5.32 Å². The van der Waals surface area contributed by atoms with Crippen LogP contribution in [-0.4, -0.2) is 24.8 Å². The summed E-state index contributed by atoms with van der Waals surface area (Å²) >= 11 is 0. The van der Waals surface area contributed by atoms with E-state index in [1.54, 1.807) is 7.11 Å². The minimum Gasteiger partial charge on any atom is -0.385 e. The second-order valence-corrected chi connectivity index (χ2v) is 4.52. The Morgan fingerprint density at radius 1 is 1.29 bits per heavy atom.